The molecule has 0 bridgehead atoms. The van der Waals surface area contributed by atoms with Gasteiger partial charge in [0.15, 0.2) is 0 Å². The van der Waals surface area contributed by atoms with E-state index >= 15 is 0 Å². The van der Waals surface area contributed by atoms with Gasteiger partial charge in [0.05, 0.1) is 18.0 Å². The highest BCUT2D eigenvalue weighted by molar-refractivity contribution is 5.43. The molecule has 1 fully saturated rings. The fraction of sp³-hybridized carbons (Fsp3) is 0.588. The first-order chi connectivity index (χ1) is 11.7. The maximum Gasteiger partial charge on any atom is 0.224 e. The molecule has 2 aromatic heterocycles. The van der Waals surface area contributed by atoms with Gasteiger partial charge < -0.3 is 19.9 Å². The van der Waals surface area contributed by atoms with Crippen LogP contribution in [0.2, 0.25) is 0 Å². The van der Waals surface area contributed by atoms with Crippen molar-refractivity contribution < 1.29 is 9.26 Å². The molecule has 1 aliphatic rings. The summed E-state index contributed by atoms with van der Waals surface area (Å²) in [5.41, 5.74) is 3.23. The topological polar surface area (TPSA) is 85.1 Å². The Morgan fingerprint density at radius 2 is 2.17 bits per heavy atom. The second kappa shape index (κ2) is 7.61. The van der Waals surface area contributed by atoms with Crippen molar-refractivity contribution in [3.63, 3.8) is 0 Å². The standard InChI is InChI=1S/C17H25N5O2/c1-11-14(12(2)24-22-11)5-4-7-19-16-9-15(13-6-8-23-10-13)20-17(18-3)21-16/h9,13H,4-8,10H2,1-3H3,(H2,18,19,20,21)/t13-/m1/s1. The zero-order valence-electron chi connectivity index (χ0n) is 14.6. The highest BCUT2D eigenvalue weighted by Crippen LogP contribution is 2.26. The van der Waals surface area contributed by atoms with Crippen molar-refractivity contribution in [2.45, 2.75) is 39.0 Å². The fourth-order valence-corrected chi connectivity index (χ4v) is 2.99. The van der Waals surface area contributed by atoms with Gasteiger partial charge in [-0.15, -0.1) is 0 Å². The largest absolute Gasteiger partial charge is 0.381 e. The molecule has 24 heavy (non-hydrogen) atoms. The minimum atomic E-state index is 0.364. The number of aromatic nitrogens is 3. The molecule has 0 aromatic carbocycles. The SMILES string of the molecule is CNc1nc(NCCCc2c(C)noc2C)cc([C@@H]2CCOC2)n1. The summed E-state index contributed by atoms with van der Waals surface area (Å²) in [7, 11) is 1.84. The maximum atomic E-state index is 5.47. The van der Waals surface area contributed by atoms with E-state index in [0.29, 0.717) is 11.9 Å². The third-order valence-electron chi connectivity index (χ3n) is 4.41. The van der Waals surface area contributed by atoms with Crippen molar-refractivity contribution >= 4 is 11.8 Å². The van der Waals surface area contributed by atoms with Crippen LogP contribution in [0.5, 0.6) is 0 Å². The first-order valence-corrected chi connectivity index (χ1v) is 8.47. The summed E-state index contributed by atoms with van der Waals surface area (Å²) < 4.78 is 10.7. The lowest BCUT2D eigenvalue weighted by molar-refractivity contribution is 0.193. The summed E-state index contributed by atoms with van der Waals surface area (Å²) in [6, 6.07) is 2.04. The minimum absolute atomic E-state index is 0.364. The van der Waals surface area contributed by atoms with Gasteiger partial charge in [-0.25, -0.2) is 4.98 Å². The zero-order chi connectivity index (χ0) is 16.9. The number of nitrogens with one attached hydrogen (secondary N) is 2. The monoisotopic (exact) mass is 331 g/mol. The van der Waals surface area contributed by atoms with Crippen LogP contribution in [0.15, 0.2) is 10.6 Å². The molecule has 0 aliphatic carbocycles. The Kier molecular flexibility index (Phi) is 5.30. The van der Waals surface area contributed by atoms with Crippen molar-refractivity contribution in [1.29, 1.82) is 0 Å². The Labute approximate surface area is 142 Å². The number of ether oxygens (including phenoxy) is 1. The van der Waals surface area contributed by atoms with Crippen molar-refractivity contribution in [3.8, 4) is 0 Å². The van der Waals surface area contributed by atoms with Crippen LogP contribution in [0.4, 0.5) is 11.8 Å². The molecule has 0 amide bonds. The van der Waals surface area contributed by atoms with Crippen LogP contribution in [-0.2, 0) is 11.2 Å². The Bertz CT molecular complexity index is 660. The quantitative estimate of drug-likeness (QED) is 0.754. The van der Waals surface area contributed by atoms with E-state index < -0.39 is 0 Å². The molecule has 0 saturated carbocycles. The molecule has 1 saturated heterocycles. The lowest BCUT2D eigenvalue weighted by Gasteiger charge is -2.12. The molecule has 130 valence electrons. The normalized spacial score (nSPS) is 17.2. The van der Waals surface area contributed by atoms with E-state index in [-0.39, 0.29) is 0 Å². The van der Waals surface area contributed by atoms with E-state index in [1.54, 1.807) is 0 Å². The van der Waals surface area contributed by atoms with Crippen LogP contribution in [0.3, 0.4) is 0 Å². The average Bonchev–Trinajstić information content (AvgIpc) is 3.23. The summed E-state index contributed by atoms with van der Waals surface area (Å²) >= 11 is 0. The number of hydrogen-bond donors (Lipinski definition) is 2. The summed E-state index contributed by atoms with van der Waals surface area (Å²) in [5, 5.41) is 10.4. The molecule has 3 heterocycles. The third-order valence-corrected chi connectivity index (χ3v) is 4.41. The summed E-state index contributed by atoms with van der Waals surface area (Å²) in [4.78, 5) is 9.05. The smallest absolute Gasteiger partial charge is 0.224 e. The Morgan fingerprint density at radius 3 is 2.83 bits per heavy atom. The molecule has 0 spiro atoms. The predicted molar refractivity (Wildman–Crippen MR) is 92.5 cm³/mol. The van der Waals surface area contributed by atoms with E-state index in [9.17, 15) is 0 Å². The second-order valence-electron chi connectivity index (χ2n) is 6.15. The Balaban J connectivity index is 1.59. The van der Waals surface area contributed by atoms with Gasteiger partial charge in [-0.05, 0) is 33.1 Å². The van der Waals surface area contributed by atoms with Crippen LogP contribution in [0, 0.1) is 13.8 Å². The van der Waals surface area contributed by atoms with Gasteiger partial charge in [-0.1, -0.05) is 5.16 Å². The van der Waals surface area contributed by atoms with Gasteiger partial charge in [0.1, 0.15) is 11.6 Å². The number of rotatable bonds is 7. The van der Waals surface area contributed by atoms with Gasteiger partial charge in [0, 0.05) is 37.7 Å². The zero-order valence-corrected chi connectivity index (χ0v) is 14.6. The first-order valence-electron chi connectivity index (χ1n) is 8.47. The molecule has 1 aliphatic heterocycles. The molecule has 0 radical (unpaired) electrons. The van der Waals surface area contributed by atoms with Crippen LogP contribution in [0.25, 0.3) is 0 Å². The van der Waals surface area contributed by atoms with E-state index in [2.05, 4.69) is 25.8 Å². The summed E-state index contributed by atoms with van der Waals surface area (Å²) in [5.74, 6) is 2.78. The average molecular weight is 331 g/mol. The molecular formula is C17H25N5O2. The maximum absolute atomic E-state index is 5.47. The Morgan fingerprint density at radius 1 is 1.29 bits per heavy atom. The van der Waals surface area contributed by atoms with E-state index in [1.807, 2.05) is 27.0 Å². The van der Waals surface area contributed by atoms with E-state index in [4.69, 9.17) is 9.26 Å². The third kappa shape index (κ3) is 3.84. The summed E-state index contributed by atoms with van der Waals surface area (Å²) in [6.07, 6.45) is 2.96. The van der Waals surface area contributed by atoms with Crippen LogP contribution in [-0.4, -0.2) is 41.9 Å². The number of aryl methyl sites for hydroxylation is 2. The minimum Gasteiger partial charge on any atom is -0.381 e. The Hall–Kier alpha value is -2.15. The van der Waals surface area contributed by atoms with Crippen molar-refractivity contribution in [3.05, 3.63) is 28.8 Å². The molecule has 7 nitrogen and oxygen atoms in total. The van der Waals surface area contributed by atoms with Crippen LogP contribution < -0.4 is 10.6 Å². The highest BCUT2D eigenvalue weighted by Gasteiger charge is 2.20. The van der Waals surface area contributed by atoms with Gasteiger partial charge in [-0.3, -0.25) is 0 Å². The van der Waals surface area contributed by atoms with Crippen LogP contribution >= 0.6 is 0 Å². The fourth-order valence-electron chi connectivity index (χ4n) is 2.99. The second-order valence-corrected chi connectivity index (χ2v) is 6.15. The molecule has 7 heteroatoms. The van der Waals surface area contributed by atoms with Crippen molar-refractivity contribution in [2.75, 3.05) is 37.4 Å². The molecule has 3 rings (SSSR count). The first kappa shape index (κ1) is 16.7. The van der Waals surface area contributed by atoms with Crippen LogP contribution in [0.1, 0.15) is 41.5 Å². The molecule has 2 aromatic rings. The lowest BCUT2D eigenvalue weighted by atomic mass is 10.0. The van der Waals surface area contributed by atoms with Crippen molar-refractivity contribution in [2.24, 2.45) is 0 Å². The van der Waals surface area contributed by atoms with Crippen molar-refractivity contribution in [1.82, 2.24) is 15.1 Å². The number of hydrogen-bond acceptors (Lipinski definition) is 7. The summed E-state index contributed by atoms with van der Waals surface area (Å²) in [6.45, 7) is 6.33. The van der Waals surface area contributed by atoms with Gasteiger partial charge in [0.25, 0.3) is 0 Å². The number of anilines is 2. The molecule has 2 N–H and O–H groups in total. The predicted octanol–water partition coefficient (Wildman–Crippen LogP) is 2.67. The van der Waals surface area contributed by atoms with Gasteiger partial charge >= 0.3 is 0 Å². The molecule has 0 unspecified atom stereocenters. The van der Waals surface area contributed by atoms with Gasteiger partial charge in [0.2, 0.25) is 5.95 Å². The van der Waals surface area contributed by atoms with E-state index in [1.165, 1.54) is 5.56 Å². The highest BCUT2D eigenvalue weighted by atomic mass is 16.5. The molecule has 1 atom stereocenters. The molecular weight excluding hydrogens is 306 g/mol. The van der Waals surface area contributed by atoms with Gasteiger partial charge in [-0.2, -0.15) is 4.98 Å². The number of nitrogens with zero attached hydrogens (tertiary/aromatic N) is 3. The van der Waals surface area contributed by atoms with E-state index in [0.717, 1.165) is 62.0 Å². The lowest BCUT2D eigenvalue weighted by Crippen LogP contribution is -2.10.